The number of allylic oxidation sites excluding steroid dienone is 2. The summed E-state index contributed by atoms with van der Waals surface area (Å²) in [4.78, 5) is 44.0. The highest BCUT2D eigenvalue weighted by molar-refractivity contribution is 6.33. The number of hydrogen-bond acceptors (Lipinski definition) is 4. The van der Waals surface area contributed by atoms with Gasteiger partial charge in [0.25, 0.3) is 5.91 Å². The van der Waals surface area contributed by atoms with Crippen LogP contribution in [0, 0.1) is 5.82 Å². The summed E-state index contributed by atoms with van der Waals surface area (Å²) < 4.78 is 13.3. The van der Waals surface area contributed by atoms with Gasteiger partial charge in [0.05, 0.1) is 0 Å². The average Bonchev–Trinajstić information content (AvgIpc) is 3.19. The SMILES string of the molecule is C=C/C(Cl)=C\c1cc(C(=O)N[C@@H](Cc2ccc(F)cc2)C(=O)N2CCN(C(C)=O)CC2)[nH]c1N. The van der Waals surface area contributed by atoms with Gasteiger partial charge in [-0.05, 0) is 29.8 Å². The Morgan fingerprint density at radius 2 is 1.82 bits per heavy atom. The van der Waals surface area contributed by atoms with Gasteiger partial charge in [0.2, 0.25) is 11.8 Å². The van der Waals surface area contributed by atoms with Crippen LogP contribution in [0.1, 0.15) is 28.5 Å². The lowest BCUT2D eigenvalue weighted by Crippen LogP contribution is -2.56. The molecule has 2 heterocycles. The summed E-state index contributed by atoms with van der Waals surface area (Å²) in [5.74, 6) is -1.00. The van der Waals surface area contributed by atoms with E-state index in [2.05, 4.69) is 16.9 Å². The first-order chi connectivity index (χ1) is 16.2. The van der Waals surface area contributed by atoms with Gasteiger partial charge in [-0.1, -0.05) is 36.4 Å². The maximum absolute atomic E-state index is 13.3. The van der Waals surface area contributed by atoms with Crippen molar-refractivity contribution < 1.29 is 18.8 Å². The molecule has 0 aliphatic carbocycles. The number of benzene rings is 1. The van der Waals surface area contributed by atoms with Crippen molar-refractivity contribution in [3.63, 3.8) is 0 Å². The number of hydrogen-bond donors (Lipinski definition) is 3. The number of nitrogens with two attached hydrogens (primary N) is 1. The Balaban J connectivity index is 1.79. The van der Waals surface area contributed by atoms with Crippen LogP contribution in [0.4, 0.5) is 10.2 Å². The minimum atomic E-state index is -0.901. The third-order valence-electron chi connectivity index (χ3n) is 5.61. The Kier molecular flexibility index (Phi) is 8.12. The van der Waals surface area contributed by atoms with Gasteiger partial charge in [-0.15, -0.1) is 0 Å². The van der Waals surface area contributed by atoms with E-state index < -0.39 is 17.8 Å². The normalized spacial score (nSPS) is 15.1. The second-order valence-corrected chi connectivity index (χ2v) is 8.41. The number of anilines is 1. The van der Waals surface area contributed by atoms with E-state index in [9.17, 15) is 18.8 Å². The van der Waals surface area contributed by atoms with Crippen LogP contribution in [0.3, 0.4) is 0 Å². The molecule has 2 aromatic rings. The van der Waals surface area contributed by atoms with Gasteiger partial charge in [0, 0.05) is 50.1 Å². The lowest BCUT2D eigenvalue weighted by molar-refractivity contribution is -0.139. The summed E-state index contributed by atoms with van der Waals surface area (Å²) in [6.45, 7) is 6.63. The molecule has 0 bridgehead atoms. The summed E-state index contributed by atoms with van der Waals surface area (Å²) in [5.41, 5.74) is 7.31. The van der Waals surface area contributed by atoms with E-state index in [4.69, 9.17) is 17.3 Å². The van der Waals surface area contributed by atoms with Crippen LogP contribution in [0.2, 0.25) is 0 Å². The zero-order valence-electron chi connectivity index (χ0n) is 18.8. The van der Waals surface area contributed by atoms with E-state index in [0.29, 0.717) is 42.3 Å². The molecule has 1 aromatic carbocycles. The number of halogens is 2. The Labute approximate surface area is 202 Å². The maximum Gasteiger partial charge on any atom is 0.268 e. The van der Waals surface area contributed by atoms with Crippen molar-refractivity contribution >= 4 is 41.2 Å². The van der Waals surface area contributed by atoms with Gasteiger partial charge in [-0.25, -0.2) is 4.39 Å². The van der Waals surface area contributed by atoms with Crippen molar-refractivity contribution in [1.29, 1.82) is 0 Å². The molecule has 3 rings (SSSR count). The van der Waals surface area contributed by atoms with E-state index in [1.54, 1.807) is 28.0 Å². The van der Waals surface area contributed by atoms with Crippen LogP contribution in [0.15, 0.2) is 48.0 Å². The van der Waals surface area contributed by atoms with E-state index >= 15 is 0 Å². The standard InChI is InChI=1S/C24H27ClFN5O3/c1-3-18(25)13-17-14-20(28-22(17)27)23(33)29-21(12-16-4-6-19(26)7-5-16)24(34)31-10-8-30(9-11-31)15(2)32/h3-7,13-14,21,28H,1,8-12,27H2,2H3,(H,29,33)/b18-13+/t21-/m0/s1. The number of nitrogens with one attached hydrogen (secondary N) is 2. The van der Waals surface area contributed by atoms with Crippen molar-refractivity contribution in [2.24, 2.45) is 0 Å². The smallest absolute Gasteiger partial charge is 0.268 e. The number of aromatic amines is 1. The number of piperazine rings is 1. The minimum absolute atomic E-state index is 0.0472. The molecule has 0 unspecified atom stereocenters. The highest BCUT2D eigenvalue weighted by atomic mass is 35.5. The minimum Gasteiger partial charge on any atom is -0.385 e. The molecule has 3 amide bonds. The molecule has 1 aliphatic rings. The number of nitrogen functional groups attached to an aromatic ring is 1. The molecule has 0 radical (unpaired) electrons. The van der Waals surface area contributed by atoms with E-state index in [-0.39, 0.29) is 29.7 Å². The van der Waals surface area contributed by atoms with Crippen molar-refractivity contribution in [1.82, 2.24) is 20.1 Å². The quantitative estimate of drug-likeness (QED) is 0.521. The van der Waals surface area contributed by atoms with Gasteiger partial charge in [-0.3, -0.25) is 14.4 Å². The number of carbonyl (C=O) groups is 3. The fourth-order valence-corrected chi connectivity index (χ4v) is 3.81. The third kappa shape index (κ3) is 6.26. The van der Waals surface area contributed by atoms with Gasteiger partial charge in [-0.2, -0.15) is 0 Å². The van der Waals surface area contributed by atoms with Crippen molar-refractivity contribution in [3.8, 4) is 0 Å². The predicted molar refractivity (Wildman–Crippen MR) is 129 cm³/mol. The monoisotopic (exact) mass is 487 g/mol. The van der Waals surface area contributed by atoms with Crippen LogP contribution in [0.5, 0.6) is 0 Å². The van der Waals surface area contributed by atoms with E-state index in [1.807, 2.05) is 0 Å². The fourth-order valence-electron chi connectivity index (χ4n) is 3.69. The largest absolute Gasteiger partial charge is 0.385 e. The second kappa shape index (κ2) is 11.0. The Morgan fingerprint density at radius 1 is 1.21 bits per heavy atom. The molecule has 10 heteroatoms. The highest BCUT2D eigenvalue weighted by Crippen LogP contribution is 2.19. The van der Waals surface area contributed by atoms with Crippen LogP contribution in [0.25, 0.3) is 6.08 Å². The number of rotatable bonds is 7. The molecule has 4 N–H and O–H groups in total. The molecule has 1 saturated heterocycles. The molecule has 0 saturated carbocycles. The van der Waals surface area contributed by atoms with Crippen molar-refractivity contribution in [2.75, 3.05) is 31.9 Å². The van der Waals surface area contributed by atoms with E-state index in [1.165, 1.54) is 31.2 Å². The third-order valence-corrected chi connectivity index (χ3v) is 5.87. The molecule has 1 atom stereocenters. The van der Waals surface area contributed by atoms with Crippen molar-refractivity contribution in [3.05, 3.63) is 70.7 Å². The number of amides is 3. The summed E-state index contributed by atoms with van der Waals surface area (Å²) in [6, 6.07) is 6.38. The van der Waals surface area contributed by atoms with Crippen LogP contribution >= 0.6 is 11.6 Å². The average molecular weight is 488 g/mol. The molecule has 1 fully saturated rings. The molecule has 0 spiro atoms. The van der Waals surface area contributed by atoms with Gasteiger partial charge in [0.1, 0.15) is 23.4 Å². The molecule has 1 aromatic heterocycles. The summed E-state index contributed by atoms with van der Waals surface area (Å²) in [6.07, 6.45) is 3.17. The summed E-state index contributed by atoms with van der Waals surface area (Å²) in [7, 11) is 0. The lowest BCUT2D eigenvalue weighted by atomic mass is 10.0. The van der Waals surface area contributed by atoms with Crippen LogP contribution in [-0.4, -0.2) is 64.7 Å². The van der Waals surface area contributed by atoms with Gasteiger partial charge in [0.15, 0.2) is 0 Å². The van der Waals surface area contributed by atoms with Gasteiger partial charge >= 0.3 is 0 Å². The molecule has 34 heavy (non-hydrogen) atoms. The molecule has 180 valence electrons. The highest BCUT2D eigenvalue weighted by Gasteiger charge is 2.30. The Bertz CT molecular complexity index is 1100. The second-order valence-electron chi connectivity index (χ2n) is 7.97. The number of H-pyrrole nitrogens is 1. The lowest BCUT2D eigenvalue weighted by Gasteiger charge is -2.36. The predicted octanol–water partition coefficient (Wildman–Crippen LogP) is 2.53. The molecular weight excluding hydrogens is 461 g/mol. The topological polar surface area (TPSA) is 112 Å². The number of nitrogens with zero attached hydrogens (tertiary/aromatic N) is 2. The fraction of sp³-hybridized carbons (Fsp3) is 0.292. The zero-order chi connectivity index (χ0) is 24.8. The van der Waals surface area contributed by atoms with Crippen LogP contribution < -0.4 is 11.1 Å². The summed E-state index contributed by atoms with van der Waals surface area (Å²) in [5, 5.41) is 3.12. The van der Waals surface area contributed by atoms with E-state index in [0.717, 1.165) is 0 Å². The number of carbonyl (C=O) groups excluding carboxylic acids is 3. The molecule has 8 nitrogen and oxygen atoms in total. The number of aromatic nitrogens is 1. The zero-order valence-corrected chi connectivity index (χ0v) is 19.6. The Hall–Kier alpha value is -3.59. The Morgan fingerprint density at radius 3 is 2.41 bits per heavy atom. The first-order valence-electron chi connectivity index (χ1n) is 10.8. The summed E-state index contributed by atoms with van der Waals surface area (Å²) >= 11 is 5.98. The van der Waals surface area contributed by atoms with Crippen LogP contribution in [-0.2, 0) is 16.0 Å². The molecule has 1 aliphatic heterocycles. The molecular formula is C24H27ClFN5O3. The first-order valence-corrected chi connectivity index (χ1v) is 11.1. The maximum atomic E-state index is 13.3. The first kappa shape index (κ1) is 25.0. The van der Waals surface area contributed by atoms with Crippen molar-refractivity contribution in [2.45, 2.75) is 19.4 Å². The van der Waals surface area contributed by atoms with Gasteiger partial charge < -0.3 is 25.8 Å².